The van der Waals surface area contributed by atoms with Gasteiger partial charge in [0.2, 0.25) is 0 Å². The van der Waals surface area contributed by atoms with Crippen molar-refractivity contribution >= 4 is 35.2 Å². The fourth-order valence-corrected chi connectivity index (χ4v) is 6.28. The molecule has 0 saturated carbocycles. The molecule has 2 amide bonds. The Balaban J connectivity index is 0.000000175. The number of likely N-dealkylation sites (tertiary alicyclic amines) is 2. The van der Waals surface area contributed by atoms with Gasteiger partial charge in [0.25, 0.3) is 0 Å². The van der Waals surface area contributed by atoms with Crippen LogP contribution in [0.25, 0.3) is 0 Å². The number of carbonyl (C=O) groups is 2. The number of aromatic nitrogens is 2. The number of rotatable bonds is 3. The first-order chi connectivity index (χ1) is 20.6. The minimum Gasteiger partial charge on any atom is -0.444 e. The smallest absolute Gasteiger partial charge is 0.410 e. The molecule has 44 heavy (non-hydrogen) atoms. The van der Waals surface area contributed by atoms with Gasteiger partial charge in [-0.2, -0.15) is 0 Å². The van der Waals surface area contributed by atoms with E-state index in [4.69, 9.17) is 15.2 Å². The summed E-state index contributed by atoms with van der Waals surface area (Å²) in [6.07, 6.45) is 4.72. The summed E-state index contributed by atoms with van der Waals surface area (Å²) in [6.45, 7) is 14.1. The van der Waals surface area contributed by atoms with E-state index in [-0.39, 0.29) is 36.1 Å². The number of fused-ring (bicyclic) bond motifs is 4. The number of ether oxygens (including phenoxy) is 2. The first-order valence-electron chi connectivity index (χ1n) is 14.9. The predicted molar refractivity (Wildman–Crippen MR) is 164 cm³/mol. The summed E-state index contributed by atoms with van der Waals surface area (Å²) < 4.78 is 10.9. The summed E-state index contributed by atoms with van der Waals surface area (Å²) in [5, 5.41) is 10.7. The van der Waals surface area contributed by atoms with Crippen molar-refractivity contribution in [2.45, 2.75) is 89.8 Å². The van der Waals surface area contributed by atoms with Crippen LogP contribution < -0.4 is 15.5 Å². The first-order valence-corrected chi connectivity index (χ1v) is 14.9. The largest absolute Gasteiger partial charge is 0.444 e. The van der Waals surface area contributed by atoms with E-state index in [1.165, 1.54) is 12.3 Å². The van der Waals surface area contributed by atoms with Gasteiger partial charge in [-0.05, 0) is 82.5 Å². The van der Waals surface area contributed by atoms with E-state index in [9.17, 15) is 19.7 Å². The van der Waals surface area contributed by atoms with Crippen molar-refractivity contribution in [1.82, 2.24) is 19.8 Å². The predicted octanol–water partition coefficient (Wildman–Crippen LogP) is 4.05. The number of piperazine rings is 2. The zero-order chi connectivity index (χ0) is 32.0. The second-order valence-corrected chi connectivity index (χ2v) is 13.7. The van der Waals surface area contributed by atoms with Crippen molar-refractivity contribution in [2.24, 2.45) is 0 Å². The number of nitrogens with two attached hydrogens (primary N) is 1. The maximum Gasteiger partial charge on any atom is 0.410 e. The number of anilines is 3. The van der Waals surface area contributed by atoms with Crippen LogP contribution in [0.15, 0.2) is 36.7 Å². The van der Waals surface area contributed by atoms with Crippen LogP contribution in [0, 0.1) is 10.1 Å². The van der Waals surface area contributed by atoms with E-state index in [0.717, 1.165) is 30.8 Å². The van der Waals surface area contributed by atoms with Crippen molar-refractivity contribution in [3.8, 4) is 0 Å². The number of amides is 2. The number of carbonyl (C=O) groups excluding carboxylic acids is 2. The number of hydrogen-bond donors (Lipinski definition) is 1. The van der Waals surface area contributed by atoms with E-state index >= 15 is 0 Å². The second-order valence-electron chi connectivity index (χ2n) is 13.7. The van der Waals surface area contributed by atoms with Crippen molar-refractivity contribution in [3.63, 3.8) is 0 Å². The summed E-state index contributed by atoms with van der Waals surface area (Å²) in [5.74, 6) is 0.368. The minimum atomic E-state index is -0.510. The van der Waals surface area contributed by atoms with Crippen molar-refractivity contribution < 1.29 is 24.0 Å². The summed E-state index contributed by atoms with van der Waals surface area (Å²) in [5.41, 5.74) is 6.60. The molecule has 238 valence electrons. The number of nitrogens with zero attached hydrogens (tertiary/aromatic N) is 7. The third-order valence-electron chi connectivity index (χ3n) is 8.09. The molecule has 0 aromatic carbocycles. The summed E-state index contributed by atoms with van der Waals surface area (Å²) in [4.78, 5) is 50.7. The quantitative estimate of drug-likeness (QED) is 0.394. The van der Waals surface area contributed by atoms with Gasteiger partial charge in [-0.15, -0.1) is 0 Å². The Bertz CT molecular complexity index is 1370. The van der Waals surface area contributed by atoms with Crippen LogP contribution in [0.3, 0.4) is 0 Å². The molecule has 6 rings (SSSR count). The third kappa shape index (κ3) is 6.89. The van der Waals surface area contributed by atoms with Crippen LogP contribution in [0.1, 0.15) is 54.4 Å². The second kappa shape index (κ2) is 11.6. The molecule has 4 aliphatic rings. The van der Waals surface area contributed by atoms with Crippen LogP contribution in [0.5, 0.6) is 0 Å². The molecule has 14 heteroatoms. The molecular formula is C30H42N8O6. The average molecular weight is 611 g/mol. The molecule has 4 aliphatic heterocycles. The Hall–Kier alpha value is -4.36. The van der Waals surface area contributed by atoms with Gasteiger partial charge in [-0.25, -0.2) is 14.6 Å². The molecule has 4 bridgehead atoms. The molecule has 6 heterocycles. The standard InChI is InChI=1S/C15H20N4O4.C15H22N4O2/c1-15(2,3)23-14(20)18-9-11-6-12(18)8-17(11)10-4-5-13(16-7-10)19(21)22;1-15(2,3)21-14(20)19-9-11-6-12(19)8-18(11)10-4-5-13(16)17-7-10/h4-5,7,11-12H,6,8-9H2,1-3H3;4-5,7,11-12H,6,8-9H2,1-3H3,(H2,16,17). The molecule has 2 aromatic heterocycles. The van der Waals surface area contributed by atoms with Crippen LogP contribution in [-0.2, 0) is 9.47 Å². The lowest BCUT2D eigenvalue weighted by Crippen LogP contribution is -2.50. The zero-order valence-electron chi connectivity index (χ0n) is 26.2. The lowest BCUT2D eigenvalue weighted by atomic mass is 10.2. The van der Waals surface area contributed by atoms with Crippen LogP contribution in [-0.4, -0.2) is 98.4 Å². The highest BCUT2D eigenvalue weighted by atomic mass is 16.6. The van der Waals surface area contributed by atoms with Crippen LogP contribution in [0.4, 0.5) is 32.6 Å². The Morgan fingerprint density at radius 2 is 1.23 bits per heavy atom. The lowest BCUT2D eigenvalue weighted by Gasteiger charge is -2.36. The fourth-order valence-electron chi connectivity index (χ4n) is 6.28. The van der Waals surface area contributed by atoms with Gasteiger partial charge in [0.1, 0.15) is 17.0 Å². The third-order valence-corrected chi connectivity index (χ3v) is 8.09. The average Bonchev–Trinajstić information content (AvgIpc) is 3.73. The SMILES string of the molecule is CC(C)(C)OC(=O)N1CC2CC1CN2c1ccc(N)nc1.CC(C)(C)OC(=O)N1CC2CC1CN2c1ccc([N+](=O)[O-])nc1. The molecule has 4 unspecified atom stereocenters. The molecule has 0 radical (unpaired) electrons. The summed E-state index contributed by atoms with van der Waals surface area (Å²) >= 11 is 0. The van der Waals surface area contributed by atoms with Crippen molar-refractivity contribution in [3.05, 3.63) is 46.8 Å². The Morgan fingerprint density at radius 1 is 0.773 bits per heavy atom. The van der Waals surface area contributed by atoms with Gasteiger partial charge < -0.3 is 44.9 Å². The fraction of sp³-hybridized carbons (Fsp3) is 0.600. The van der Waals surface area contributed by atoms with E-state index < -0.39 is 16.1 Å². The highest BCUT2D eigenvalue weighted by Gasteiger charge is 2.48. The molecule has 2 N–H and O–H groups in total. The molecule has 0 spiro atoms. The van der Waals surface area contributed by atoms with E-state index in [1.54, 1.807) is 17.2 Å². The van der Waals surface area contributed by atoms with E-state index in [2.05, 4.69) is 19.8 Å². The van der Waals surface area contributed by atoms with Crippen LogP contribution in [0.2, 0.25) is 0 Å². The minimum absolute atomic E-state index is 0.116. The van der Waals surface area contributed by atoms with Gasteiger partial charge in [0.05, 0.1) is 29.7 Å². The first kappa shape index (κ1) is 31.1. The number of hydrogen-bond acceptors (Lipinski definition) is 11. The normalized spacial score (nSPS) is 23.9. The lowest BCUT2D eigenvalue weighted by molar-refractivity contribution is -0.389. The van der Waals surface area contributed by atoms with Gasteiger partial charge in [0.15, 0.2) is 6.20 Å². The maximum absolute atomic E-state index is 12.2. The van der Waals surface area contributed by atoms with Crippen LogP contribution >= 0.6 is 0 Å². The Labute approximate surface area is 257 Å². The Morgan fingerprint density at radius 3 is 1.55 bits per heavy atom. The molecule has 4 atom stereocenters. The molecule has 4 saturated heterocycles. The highest BCUT2D eigenvalue weighted by Crippen LogP contribution is 2.36. The van der Waals surface area contributed by atoms with E-state index in [1.807, 2.05) is 58.6 Å². The van der Waals surface area contributed by atoms with Gasteiger partial charge >= 0.3 is 18.0 Å². The van der Waals surface area contributed by atoms with Gasteiger partial charge in [0, 0.05) is 44.3 Å². The molecule has 14 nitrogen and oxygen atoms in total. The van der Waals surface area contributed by atoms with Crippen molar-refractivity contribution in [1.29, 1.82) is 0 Å². The summed E-state index contributed by atoms with van der Waals surface area (Å²) in [6, 6.07) is 7.81. The van der Waals surface area contributed by atoms with E-state index in [0.29, 0.717) is 31.5 Å². The van der Waals surface area contributed by atoms with Crippen molar-refractivity contribution in [2.75, 3.05) is 41.7 Å². The number of pyridine rings is 2. The number of nitrogen functional groups attached to an aromatic ring is 1. The Kier molecular flexibility index (Phi) is 8.21. The zero-order valence-corrected chi connectivity index (χ0v) is 26.2. The highest BCUT2D eigenvalue weighted by molar-refractivity contribution is 5.71. The maximum atomic E-state index is 12.2. The molecular weight excluding hydrogens is 568 g/mol. The van der Waals surface area contributed by atoms with Gasteiger partial charge in [-0.1, -0.05) is 0 Å². The summed E-state index contributed by atoms with van der Waals surface area (Å²) in [7, 11) is 0. The number of nitro groups is 1. The topological polar surface area (TPSA) is 160 Å². The monoisotopic (exact) mass is 610 g/mol. The molecule has 4 fully saturated rings. The van der Waals surface area contributed by atoms with Gasteiger partial charge in [-0.3, -0.25) is 0 Å². The molecule has 2 aromatic rings. The molecule has 0 aliphatic carbocycles.